The standard InChI is InChI=1S/C15H29N3O2S/c1-13(2)10-16-11-14-12-17-15(21-14)18(7-9-20-4)6-5-8-19-3/h12-13,16H,5-11H2,1-4H3. The van der Waals surface area contributed by atoms with E-state index >= 15 is 0 Å². The van der Waals surface area contributed by atoms with Gasteiger partial charge in [0.2, 0.25) is 0 Å². The van der Waals surface area contributed by atoms with Gasteiger partial charge in [0.15, 0.2) is 5.13 Å². The van der Waals surface area contributed by atoms with Gasteiger partial charge in [-0.2, -0.15) is 0 Å². The lowest BCUT2D eigenvalue weighted by Gasteiger charge is -2.21. The molecular formula is C15H29N3O2S. The number of hydrogen-bond donors (Lipinski definition) is 1. The van der Waals surface area contributed by atoms with Crippen LogP contribution in [-0.4, -0.2) is 52.1 Å². The van der Waals surface area contributed by atoms with Gasteiger partial charge in [-0.05, 0) is 18.9 Å². The summed E-state index contributed by atoms with van der Waals surface area (Å²) in [5.41, 5.74) is 0. The van der Waals surface area contributed by atoms with Gasteiger partial charge in [-0.1, -0.05) is 13.8 Å². The Kier molecular flexibility index (Phi) is 9.58. The largest absolute Gasteiger partial charge is 0.385 e. The van der Waals surface area contributed by atoms with Crippen molar-refractivity contribution < 1.29 is 9.47 Å². The number of thiazole rings is 1. The van der Waals surface area contributed by atoms with Crippen LogP contribution in [0.3, 0.4) is 0 Å². The molecule has 0 atom stereocenters. The minimum Gasteiger partial charge on any atom is -0.385 e. The molecule has 5 nitrogen and oxygen atoms in total. The number of nitrogens with one attached hydrogen (secondary N) is 1. The molecule has 0 aliphatic rings. The number of aromatic nitrogens is 1. The van der Waals surface area contributed by atoms with Crippen LogP contribution in [0.2, 0.25) is 0 Å². The van der Waals surface area contributed by atoms with Gasteiger partial charge in [-0.25, -0.2) is 4.98 Å². The van der Waals surface area contributed by atoms with Gasteiger partial charge < -0.3 is 19.7 Å². The Morgan fingerprint density at radius 1 is 1.24 bits per heavy atom. The Labute approximate surface area is 132 Å². The molecule has 21 heavy (non-hydrogen) atoms. The third-order valence-corrected chi connectivity index (χ3v) is 4.06. The lowest BCUT2D eigenvalue weighted by molar-refractivity contribution is 0.191. The highest BCUT2D eigenvalue weighted by Crippen LogP contribution is 2.22. The first-order chi connectivity index (χ1) is 10.2. The van der Waals surface area contributed by atoms with E-state index in [1.165, 1.54) is 4.88 Å². The van der Waals surface area contributed by atoms with Crippen LogP contribution in [0.15, 0.2) is 6.20 Å². The first-order valence-corrected chi connectivity index (χ1v) is 8.37. The zero-order chi connectivity index (χ0) is 15.5. The zero-order valence-electron chi connectivity index (χ0n) is 13.7. The molecule has 0 aliphatic heterocycles. The maximum atomic E-state index is 5.19. The van der Waals surface area contributed by atoms with E-state index in [9.17, 15) is 0 Å². The molecule has 122 valence electrons. The molecule has 0 saturated carbocycles. The smallest absolute Gasteiger partial charge is 0.185 e. The number of nitrogens with zero attached hydrogens (tertiary/aromatic N) is 2. The maximum absolute atomic E-state index is 5.19. The Balaban J connectivity index is 2.50. The molecular weight excluding hydrogens is 286 g/mol. The summed E-state index contributed by atoms with van der Waals surface area (Å²) in [6.45, 7) is 9.67. The SMILES string of the molecule is COCCCN(CCOC)c1ncc(CNCC(C)C)s1. The molecule has 0 aromatic carbocycles. The van der Waals surface area contributed by atoms with E-state index in [-0.39, 0.29) is 0 Å². The summed E-state index contributed by atoms with van der Waals surface area (Å²) in [6.07, 6.45) is 2.98. The second-order valence-electron chi connectivity index (χ2n) is 5.46. The number of anilines is 1. The Morgan fingerprint density at radius 2 is 2.00 bits per heavy atom. The van der Waals surface area contributed by atoms with Gasteiger partial charge in [0, 0.05) is 51.5 Å². The van der Waals surface area contributed by atoms with Crippen LogP contribution in [0, 0.1) is 5.92 Å². The predicted octanol–water partition coefficient (Wildman–Crippen LogP) is 2.38. The Hall–Kier alpha value is -0.690. The lowest BCUT2D eigenvalue weighted by Crippen LogP contribution is -2.28. The summed E-state index contributed by atoms with van der Waals surface area (Å²) < 4.78 is 10.3. The maximum Gasteiger partial charge on any atom is 0.185 e. The van der Waals surface area contributed by atoms with Crippen molar-refractivity contribution >= 4 is 16.5 Å². The highest BCUT2D eigenvalue weighted by atomic mass is 32.1. The molecule has 6 heteroatoms. The average Bonchev–Trinajstić information content (AvgIpc) is 2.91. The van der Waals surface area contributed by atoms with Crippen molar-refractivity contribution in [2.75, 3.05) is 52.0 Å². The summed E-state index contributed by atoms with van der Waals surface area (Å²) in [7, 11) is 3.47. The second kappa shape index (κ2) is 11.0. The van der Waals surface area contributed by atoms with E-state index in [0.717, 1.165) is 44.3 Å². The molecule has 1 aromatic rings. The van der Waals surface area contributed by atoms with Crippen molar-refractivity contribution in [3.05, 3.63) is 11.1 Å². The van der Waals surface area contributed by atoms with E-state index in [1.807, 2.05) is 6.20 Å². The first kappa shape index (κ1) is 18.4. The van der Waals surface area contributed by atoms with Crippen molar-refractivity contribution in [1.82, 2.24) is 10.3 Å². The normalized spacial score (nSPS) is 11.3. The molecule has 1 rings (SSSR count). The Morgan fingerprint density at radius 3 is 2.67 bits per heavy atom. The van der Waals surface area contributed by atoms with Crippen molar-refractivity contribution in [2.45, 2.75) is 26.8 Å². The van der Waals surface area contributed by atoms with Crippen LogP contribution in [0.4, 0.5) is 5.13 Å². The van der Waals surface area contributed by atoms with E-state index in [4.69, 9.17) is 9.47 Å². The van der Waals surface area contributed by atoms with Gasteiger partial charge in [0.05, 0.1) is 6.61 Å². The van der Waals surface area contributed by atoms with Gasteiger partial charge >= 0.3 is 0 Å². The molecule has 0 unspecified atom stereocenters. The second-order valence-corrected chi connectivity index (χ2v) is 6.55. The fraction of sp³-hybridized carbons (Fsp3) is 0.800. The molecule has 0 radical (unpaired) electrons. The van der Waals surface area contributed by atoms with E-state index in [2.05, 4.69) is 29.0 Å². The minimum atomic E-state index is 0.671. The van der Waals surface area contributed by atoms with E-state index in [0.29, 0.717) is 12.5 Å². The van der Waals surface area contributed by atoms with Crippen LogP contribution in [0.1, 0.15) is 25.1 Å². The molecule has 1 aromatic heterocycles. The highest BCUT2D eigenvalue weighted by Gasteiger charge is 2.11. The molecule has 0 bridgehead atoms. The molecule has 0 fully saturated rings. The zero-order valence-corrected chi connectivity index (χ0v) is 14.5. The van der Waals surface area contributed by atoms with E-state index < -0.39 is 0 Å². The summed E-state index contributed by atoms with van der Waals surface area (Å²) >= 11 is 1.76. The van der Waals surface area contributed by atoms with Gasteiger partial charge in [-0.15, -0.1) is 11.3 Å². The molecule has 1 N–H and O–H groups in total. The van der Waals surface area contributed by atoms with E-state index in [1.54, 1.807) is 25.6 Å². The summed E-state index contributed by atoms with van der Waals surface area (Å²) in [6, 6.07) is 0. The molecule has 1 heterocycles. The van der Waals surface area contributed by atoms with Gasteiger partial charge in [0.1, 0.15) is 0 Å². The van der Waals surface area contributed by atoms with Crippen molar-refractivity contribution in [2.24, 2.45) is 5.92 Å². The molecule has 0 amide bonds. The summed E-state index contributed by atoms with van der Waals surface area (Å²) in [5.74, 6) is 0.671. The van der Waals surface area contributed by atoms with Crippen molar-refractivity contribution in [3.63, 3.8) is 0 Å². The molecule has 0 saturated heterocycles. The average molecular weight is 315 g/mol. The third kappa shape index (κ3) is 7.76. The topological polar surface area (TPSA) is 46.6 Å². The summed E-state index contributed by atoms with van der Waals surface area (Å²) in [4.78, 5) is 8.11. The highest BCUT2D eigenvalue weighted by molar-refractivity contribution is 7.15. The fourth-order valence-corrected chi connectivity index (χ4v) is 2.84. The number of rotatable bonds is 12. The molecule has 0 aliphatic carbocycles. The van der Waals surface area contributed by atoms with Gasteiger partial charge in [0.25, 0.3) is 0 Å². The van der Waals surface area contributed by atoms with Crippen LogP contribution >= 0.6 is 11.3 Å². The number of hydrogen-bond acceptors (Lipinski definition) is 6. The monoisotopic (exact) mass is 315 g/mol. The first-order valence-electron chi connectivity index (χ1n) is 7.55. The lowest BCUT2D eigenvalue weighted by atomic mass is 10.2. The predicted molar refractivity (Wildman–Crippen MR) is 89.2 cm³/mol. The quantitative estimate of drug-likeness (QED) is 0.600. The minimum absolute atomic E-state index is 0.671. The van der Waals surface area contributed by atoms with Crippen LogP contribution in [0.5, 0.6) is 0 Å². The summed E-state index contributed by atoms with van der Waals surface area (Å²) in [5, 5.41) is 4.53. The van der Waals surface area contributed by atoms with Crippen LogP contribution in [-0.2, 0) is 16.0 Å². The van der Waals surface area contributed by atoms with Gasteiger partial charge in [-0.3, -0.25) is 0 Å². The fourth-order valence-electron chi connectivity index (χ4n) is 1.91. The number of methoxy groups -OCH3 is 2. The van der Waals surface area contributed by atoms with Crippen LogP contribution in [0.25, 0.3) is 0 Å². The van der Waals surface area contributed by atoms with Crippen molar-refractivity contribution in [1.29, 1.82) is 0 Å². The Bertz CT molecular complexity index is 372. The number of ether oxygens (including phenoxy) is 2. The third-order valence-electron chi connectivity index (χ3n) is 3.01. The van der Waals surface area contributed by atoms with Crippen LogP contribution < -0.4 is 10.2 Å². The van der Waals surface area contributed by atoms with Crippen molar-refractivity contribution in [3.8, 4) is 0 Å². The molecule has 0 spiro atoms.